The zero-order valence-corrected chi connectivity index (χ0v) is 11.8. The van der Waals surface area contributed by atoms with E-state index in [9.17, 15) is 0 Å². The summed E-state index contributed by atoms with van der Waals surface area (Å²) in [7, 11) is 1.97. The molecule has 96 valence electrons. The molecule has 1 aromatic carbocycles. The molecule has 0 bridgehead atoms. The lowest BCUT2D eigenvalue weighted by Crippen LogP contribution is -2.29. The Morgan fingerprint density at radius 3 is 2.65 bits per heavy atom. The van der Waals surface area contributed by atoms with Gasteiger partial charge in [0.2, 0.25) is 0 Å². The number of halogens is 2. The van der Waals surface area contributed by atoms with Gasteiger partial charge in [-0.3, -0.25) is 0 Å². The Morgan fingerprint density at radius 1 is 1.29 bits per heavy atom. The summed E-state index contributed by atoms with van der Waals surface area (Å²) in [6, 6.07) is 6.18. The Labute approximate surface area is 113 Å². The predicted molar refractivity (Wildman–Crippen MR) is 74.1 cm³/mol. The van der Waals surface area contributed by atoms with Gasteiger partial charge in [-0.2, -0.15) is 0 Å². The Kier molecular flexibility index (Phi) is 6.90. The van der Waals surface area contributed by atoms with Crippen molar-refractivity contribution in [1.29, 1.82) is 0 Å². The first kappa shape index (κ1) is 14.8. The molecular formula is C13H19Cl2NO. The van der Waals surface area contributed by atoms with Gasteiger partial charge in [-0.1, -0.05) is 29.3 Å². The second kappa shape index (κ2) is 7.93. The molecule has 0 saturated heterocycles. The van der Waals surface area contributed by atoms with Crippen LogP contribution in [0.3, 0.4) is 0 Å². The average molecular weight is 276 g/mol. The maximum atomic E-state index is 5.99. The normalized spacial score (nSPS) is 12.7. The van der Waals surface area contributed by atoms with Gasteiger partial charge in [0, 0.05) is 19.3 Å². The van der Waals surface area contributed by atoms with Crippen molar-refractivity contribution in [3.63, 3.8) is 0 Å². The number of ether oxygens (including phenoxy) is 1. The van der Waals surface area contributed by atoms with E-state index in [1.807, 2.05) is 32.2 Å². The van der Waals surface area contributed by atoms with E-state index in [0.29, 0.717) is 16.1 Å². The number of hydrogen-bond acceptors (Lipinski definition) is 2. The van der Waals surface area contributed by atoms with Gasteiger partial charge in [0.1, 0.15) is 0 Å². The standard InChI is InChI=1S/C13H19Cl2NO/c1-3-17-7-6-11(16-2)8-10-4-5-12(14)13(15)9-10/h4-5,9,11,16H,3,6-8H2,1-2H3. The van der Waals surface area contributed by atoms with Gasteiger partial charge >= 0.3 is 0 Å². The smallest absolute Gasteiger partial charge is 0.0595 e. The van der Waals surface area contributed by atoms with Gasteiger partial charge in [-0.25, -0.2) is 0 Å². The molecule has 1 aromatic rings. The lowest BCUT2D eigenvalue weighted by molar-refractivity contribution is 0.137. The van der Waals surface area contributed by atoms with E-state index in [2.05, 4.69) is 5.32 Å². The third-order valence-corrected chi connectivity index (χ3v) is 3.43. The zero-order chi connectivity index (χ0) is 12.7. The number of rotatable bonds is 7. The predicted octanol–water partition coefficient (Wildman–Crippen LogP) is 3.55. The molecule has 2 nitrogen and oxygen atoms in total. The maximum Gasteiger partial charge on any atom is 0.0595 e. The van der Waals surface area contributed by atoms with E-state index in [4.69, 9.17) is 27.9 Å². The molecule has 0 fully saturated rings. The van der Waals surface area contributed by atoms with Crippen LogP contribution in [-0.2, 0) is 11.2 Å². The van der Waals surface area contributed by atoms with E-state index in [1.54, 1.807) is 0 Å². The average Bonchev–Trinajstić information content (AvgIpc) is 2.32. The first-order valence-electron chi connectivity index (χ1n) is 5.86. The van der Waals surface area contributed by atoms with Crippen LogP contribution in [-0.4, -0.2) is 26.3 Å². The van der Waals surface area contributed by atoms with Crippen molar-refractivity contribution in [3.05, 3.63) is 33.8 Å². The van der Waals surface area contributed by atoms with Gasteiger partial charge in [-0.05, 0) is 44.5 Å². The van der Waals surface area contributed by atoms with Crippen LogP contribution in [0.4, 0.5) is 0 Å². The van der Waals surface area contributed by atoms with Crippen molar-refractivity contribution in [2.24, 2.45) is 0 Å². The number of likely N-dealkylation sites (N-methyl/N-ethyl adjacent to an activating group) is 1. The van der Waals surface area contributed by atoms with Gasteiger partial charge in [-0.15, -0.1) is 0 Å². The molecule has 0 aliphatic rings. The molecule has 0 aliphatic carbocycles. The topological polar surface area (TPSA) is 21.3 Å². The van der Waals surface area contributed by atoms with Crippen molar-refractivity contribution in [3.8, 4) is 0 Å². The summed E-state index contributed by atoms with van der Waals surface area (Å²) in [5.41, 5.74) is 1.19. The molecule has 0 aliphatic heterocycles. The van der Waals surface area contributed by atoms with Crippen molar-refractivity contribution in [1.82, 2.24) is 5.32 Å². The number of nitrogens with one attached hydrogen (secondary N) is 1. The largest absolute Gasteiger partial charge is 0.382 e. The minimum atomic E-state index is 0.402. The highest BCUT2D eigenvalue weighted by Gasteiger charge is 2.08. The molecule has 0 spiro atoms. The molecule has 0 amide bonds. The Bertz CT molecular complexity index is 344. The van der Waals surface area contributed by atoms with Gasteiger partial charge in [0.15, 0.2) is 0 Å². The van der Waals surface area contributed by atoms with Crippen LogP contribution in [0.15, 0.2) is 18.2 Å². The SMILES string of the molecule is CCOCCC(Cc1ccc(Cl)c(Cl)c1)NC. The lowest BCUT2D eigenvalue weighted by atomic mass is 10.0. The summed E-state index contributed by atoms with van der Waals surface area (Å²) in [5.74, 6) is 0. The fourth-order valence-electron chi connectivity index (χ4n) is 1.67. The molecule has 1 atom stereocenters. The number of hydrogen-bond donors (Lipinski definition) is 1. The molecule has 1 unspecified atom stereocenters. The van der Waals surface area contributed by atoms with Crippen LogP contribution in [0, 0.1) is 0 Å². The maximum absolute atomic E-state index is 5.99. The first-order valence-corrected chi connectivity index (χ1v) is 6.62. The molecular weight excluding hydrogens is 257 g/mol. The number of benzene rings is 1. The summed E-state index contributed by atoms with van der Waals surface area (Å²) >= 11 is 11.9. The van der Waals surface area contributed by atoms with Crippen LogP contribution in [0.25, 0.3) is 0 Å². The Balaban J connectivity index is 2.51. The highest BCUT2D eigenvalue weighted by molar-refractivity contribution is 6.42. The lowest BCUT2D eigenvalue weighted by Gasteiger charge is -2.16. The van der Waals surface area contributed by atoms with E-state index in [1.165, 1.54) is 5.56 Å². The monoisotopic (exact) mass is 275 g/mol. The summed E-state index contributed by atoms with van der Waals surface area (Å²) in [6.45, 7) is 3.56. The molecule has 4 heteroatoms. The quantitative estimate of drug-likeness (QED) is 0.769. The summed E-state index contributed by atoms with van der Waals surface area (Å²) < 4.78 is 5.36. The fraction of sp³-hybridized carbons (Fsp3) is 0.538. The third-order valence-electron chi connectivity index (χ3n) is 2.69. The minimum absolute atomic E-state index is 0.402. The van der Waals surface area contributed by atoms with E-state index < -0.39 is 0 Å². The molecule has 0 saturated carbocycles. The van der Waals surface area contributed by atoms with Gasteiger partial charge in [0.05, 0.1) is 10.0 Å². The second-order valence-electron chi connectivity index (χ2n) is 3.92. The highest BCUT2D eigenvalue weighted by Crippen LogP contribution is 2.23. The molecule has 0 heterocycles. The van der Waals surface area contributed by atoms with Crippen LogP contribution in [0.2, 0.25) is 10.0 Å². The Morgan fingerprint density at radius 2 is 2.06 bits per heavy atom. The van der Waals surface area contributed by atoms with Crippen molar-refractivity contribution in [2.75, 3.05) is 20.3 Å². The van der Waals surface area contributed by atoms with Crippen molar-refractivity contribution < 1.29 is 4.74 Å². The van der Waals surface area contributed by atoms with Crippen LogP contribution >= 0.6 is 23.2 Å². The van der Waals surface area contributed by atoms with Crippen LogP contribution in [0.1, 0.15) is 18.9 Å². The molecule has 1 rings (SSSR count). The van der Waals surface area contributed by atoms with E-state index >= 15 is 0 Å². The molecule has 0 aromatic heterocycles. The minimum Gasteiger partial charge on any atom is -0.382 e. The third kappa shape index (κ3) is 5.26. The molecule has 17 heavy (non-hydrogen) atoms. The van der Waals surface area contributed by atoms with Crippen LogP contribution in [0.5, 0.6) is 0 Å². The van der Waals surface area contributed by atoms with E-state index in [0.717, 1.165) is 26.1 Å². The zero-order valence-electron chi connectivity index (χ0n) is 10.3. The van der Waals surface area contributed by atoms with E-state index in [-0.39, 0.29) is 0 Å². The van der Waals surface area contributed by atoms with Crippen molar-refractivity contribution >= 4 is 23.2 Å². The molecule has 0 radical (unpaired) electrons. The van der Waals surface area contributed by atoms with Gasteiger partial charge < -0.3 is 10.1 Å². The van der Waals surface area contributed by atoms with Crippen LogP contribution < -0.4 is 5.32 Å². The Hall–Kier alpha value is -0.280. The summed E-state index contributed by atoms with van der Waals surface area (Å²) in [4.78, 5) is 0. The molecule has 1 N–H and O–H groups in total. The fourth-order valence-corrected chi connectivity index (χ4v) is 1.99. The summed E-state index contributed by atoms with van der Waals surface area (Å²) in [5, 5.41) is 4.50. The second-order valence-corrected chi connectivity index (χ2v) is 4.74. The first-order chi connectivity index (χ1) is 8.17. The summed E-state index contributed by atoms with van der Waals surface area (Å²) in [6.07, 6.45) is 1.92. The van der Waals surface area contributed by atoms with Gasteiger partial charge in [0.25, 0.3) is 0 Å². The van der Waals surface area contributed by atoms with Crippen molar-refractivity contribution in [2.45, 2.75) is 25.8 Å². The highest BCUT2D eigenvalue weighted by atomic mass is 35.5.